The molecule has 0 amide bonds. The van der Waals surface area contributed by atoms with E-state index in [-0.39, 0.29) is 0 Å². The van der Waals surface area contributed by atoms with E-state index in [2.05, 4.69) is 26.7 Å². The third-order valence-electron chi connectivity index (χ3n) is 5.07. The summed E-state index contributed by atoms with van der Waals surface area (Å²) < 4.78 is 13.0. The van der Waals surface area contributed by atoms with Gasteiger partial charge in [-0.15, -0.1) is 0 Å². The number of carbonyl (C=O) groups is 1. The van der Waals surface area contributed by atoms with Gasteiger partial charge >= 0.3 is 5.97 Å². The summed E-state index contributed by atoms with van der Waals surface area (Å²) in [5, 5.41) is 11.3. The lowest BCUT2D eigenvalue weighted by atomic mass is 10.1. The van der Waals surface area contributed by atoms with Gasteiger partial charge in [-0.05, 0) is 48.4 Å². The first-order valence-electron chi connectivity index (χ1n) is 9.82. The zero-order valence-electron chi connectivity index (χ0n) is 16.7. The highest BCUT2D eigenvalue weighted by Crippen LogP contribution is 2.26. The van der Waals surface area contributed by atoms with E-state index >= 15 is 0 Å². The van der Waals surface area contributed by atoms with Crippen molar-refractivity contribution in [3.05, 3.63) is 66.5 Å². The van der Waals surface area contributed by atoms with E-state index in [4.69, 9.17) is 14.6 Å². The third-order valence-corrected chi connectivity index (χ3v) is 5.07. The predicted octanol–water partition coefficient (Wildman–Crippen LogP) is 3.70. The minimum Gasteiger partial charge on any atom is -0.494 e. The van der Waals surface area contributed by atoms with Crippen molar-refractivity contribution in [2.45, 2.75) is 25.5 Å². The van der Waals surface area contributed by atoms with Crippen LogP contribution in [0.1, 0.15) is 12.0 Å². The number of methoxy groups -OCH3 is 1. The van der Waals surface area contributed by atoms with Crippen molar-refractivity contribution in [1.82, 2.24) is 14.5 Å². The first kappa shape index (κ1) is 19.8. The number of nitrogens with zero attached hydrogens (tertiary/aromatic N) is 3. The molecule has 1 atom stereocenters. The molecular formula is C23H23N3O4. The van der Waals surface area contributed by atoms with Crippen molar-refractivity contribution < 1.29 is 19.4 Å². The number of aryl methyl sites for hydroxylation is 1. The fourth-order valence-electron chi connectivity index (χ4n) is 3.58. The fourth-order valence-corrected chi connectivity index (χ4v) is 3.58. The Bertz CT molecular complexity index is 1100. The lowest BCUT2D eigenvalue weighted by molar-refractivity contribution is -0.148. The minimum absolute atomic E-state index is 0.319. The van der Waals surface area contributed by atoms with Crippen LogP contribution in [0.25, 0.3) is 22.1 Å². The van der Waals surface area contributed by atoms with Crippen molar-refractivity contribution in [2.24, 2.45) is 0 Å². The molecule has 0 radical (unpaired) electrons. The summed E-state index contributed by atoms with van der Waals surface area (Å²) in [4.78, 5) is 20.2. The van der Waals surface area contributed by atoms with Crippen LogP contribution in [-0.2, 0) is 22.5 Å². The highest BCUT2D eigenvalue weighted by Gasteiger charge is 2.16. The number of benzene rings is 1. The number of hydrogen-bond acceptors (Lipinski definition) is 5. The van der Waals surface area contributed by atoms with Gasteiger partial charge in [0, 0.05) is 43.2 Å². The molecule has 0 fully saturated rings. The molecule has 30 heavy (non-hydrogen) atoms. The molecule has 0 saturated heterocycles. The number of carboxylic acids is 1. The smallest absolute Gasteiger partial charge is 0.333 e. The number of aromatic nitrogens is 3. The van der Waals surface area contributed by atoms with Crippen molar-refractivity contribution in [3.63, 3.8) is 0 Å². The maximum absolute atomic E-state index is 11.1. The SMILES string of the molecule is COC(Cc1ccc(OCCCn2c3ncccc3c3cccnc32)cc1)C(=O)O. The molecule has 0 bridgehead atoms. The number of rotatable bonds is 9. The fraction of sp³-hybridized carbons (Fsp3) is 0.261. The van der Waals surface area contributed by atoms with Gasteiger partial charge in [0.05, 0.1) is 6.61 Å². The topological polar surface area (TPSA) is 86.5 Å². The maximum Gasteiger partial charge on any atom is 0.333 e. The molecule has 1 aromatic carbocycles. The molecule has 0 aliphatic carbocycles. The van der Waals surface area contributed by atoms with E-state index in [0.29, 0.717) is 13.0 Å². The van der Waals surface area contributed by atoms with Gasteiger partial charge in [-0.3, -0.25) is 0 Å². The van der Waals surface area contributed by atoms with Crippen LogP contribution in [0.5, 0.6) is 5.75 Å². The zero-order chi connectivity index (χ0) is 20.9. The molecule has 3 aromatic heterocycles. The highest BCUT2D eigenvalue weighted by molar-refractivity contribution is 6.04. The lowest BCUT2D eigenvalue weighted by Crippen LogP contribution is -2.24. The Morgan fingerprint density at radius 2 is 1.67 bits per heavy atom. The van der Waals surface area contributed by atoms with E-state index in [1.165, 1.54) is 7.11 Å². The Kier molecular flexibility index (Phi) is 5.90. The molecule has 154 valence electrons. The number of aliphatic carboxylic acids is 1. The van der Waals surface area contributed by atoms with E-state index in [0.717, 1.165) is 46.3 Å². The molecule has 4 aromatic rings. The zero-order valence-corrected chi connectivity index (χ0v) is 16.7. The number of fused-ring (bicyclic) bond motifs is 3. The first-order valence-corrected chi connectivity index (χ1v) is 9.82. The quantitative estimate of drug-likeness (QED) is 0.427. The largest absolute Gasteiger partial charge is 0.494 e. The van der Waals surface area contributed by atoms with E-state index in [9.17, 15) is 4.79 Å². The van der Waals surface area contributed by atoms with Gasteiger partial charge in [0.2, 0.25) is 0 Å². The molecule has 4 rings (SSSR count). The summed E-state index contributed by atoms with van der Waals surface area (Å²) in [7, 11) is 1.40. The molecule has 0 spiro atoms. The van der Waals surface area contributed by atoms with E-state index in [1.807, 2.05) is 36.4 Å². The van der Waals surface area contributed by atoms with Gasteiger partial charge in [-0.25, -0.2) is 14.8 Å². The average Bonchev–Trinajstić information content (AvgIpc) is 3.09. The van der Waals surface area contributed by atoms with Crippen LogP contribution in [0.2, 0.25) is 0 Å². The summed E-state index contributed by atoms with van der Waals surface area (Å²) in [6.45, 7) is 1.30. The second kappa shape index (κ2) is 8.92. The van der Waals surface area contributed by atoms with Crippen molar-refractivity contribution in [2.75, 3.05) is 13.7 Å². The Morgan fingerprint density at radius 3 is 2.23 bits per heavy atom. The van der Waals surface area contributed by atoms with Crippen LogP contribution in [0.3, 0.4) is 0 Å². The number of ether oxygens (including phenoxy) is 2. The van der Waals surface area contributed by atoms with E-state index < -0.39 is 12.1 Å². The average molecular weight is 405 g/mol. The molecule has 1 N–H and O–H groups in total. The Labute approximate surface area is 173 Å². The Hall–Kier alpha value is -3.45. The molecule has 7 heteroatoms. The van der Waals surface area contributed by atoms with Crippen LogP contribution in [0.15, 0.2) is 60.9 Å². The summed E-state index contributed by atoms with van der Waals surface area (Å²) in [5.41, 5.74) is 2.75. The summed E-state index contributed by atoms with van der Waals surface area (Å²) in [6, 6.07) is 15.5. The van der Waals surface area contributed by atoms with Gasteiger partial charge in [0.1, 0.15) is 17.0 Å². The maximum atomic E-state index is 11.1. The molecule has 0 aliphatic heterocycles. The molecule has 1 unspecified atom stereocenters. The predicted molar refractivity (Wildman–Crippen MR) is 114 cm³/mol. The van der Waals surface area contributed by atoms with Crippen LogP contribution in [-0.4, -0.2) is 45.4 Å². The van der Waals surface area contributed by atoms with Crippen LogP contribution >= 0.6 is 0 Å². The Morgan fingerprint density at radius 1 is 1.03 bits per heavy atom. The van der Waals surface area contributed by atoms with Gasteiger partial charge in [-0.2, -0.15) is 0 Å². The van der Waals surface area contributed by atoms with Gasteiger partial charge in [0.25, 0.3) is 0 Å². The number of pyridine rings is 2. The van der Waals surface area contributed by atoms with Crippen molar-refractivity contribution in [3.8, 4) is 5.75 Å². The van der Waals surface area contributed by atoms with Gasteiger partial charge < -0.3 is 19.1 Å². The van der Waals surface area contributed by atoms with Crippen LogP contribution in [0, 0.1) is 0 Å². The minimum atomic E-state index is -0.966. The second-order valence-electron chi connectivity index (χ2n) is 7.01. The van der Waals surface area contributed by atoms with Crippen molar-refractivity contribution in [1.29, 1.82) is 0 Å². The number of hydrogen-bond donors (Lipinski definition) is 1. The third kappa shape index (κ3) is 4.11. The monoisotopic (exact) mass is 405 g/mol. The summed E-state index contributed by atoms with van der Waals surface area (Å²) >= 11 is 0. The normalized spacial score (nSPS) is 12.3. The van der Waals surface area contributed by atoms with Crippen molar-refractivity contribution >= 4 is 28.0 Å². The second-order valence-corrected chi connectivity index (χ2v) is 7.01. The summed E-state index contributed by atoms with van der Waals surface area (Å²) in [5.74, 6) is -0.214. The summed E-state index contributed by atoms with van der Waals surface area (Å²) in [6.07, 6.45) is 3.88. The van der Waals surface area contributed by atoms with Gasteiger partial charge in [0.15, 0.2) is 6.10 Å². The highest BCUT2D eigenvalue weighted by atomic mass is 16.5. The number of carboxylic acid groups (broad SMARTS) is 1. The standard InChI is InChI=1S/C23H23N3O4/c1-29-20(23(27)28)15-16-7-9-17(10-8-16)30-14-4-13-26-21-18(5-2-11-24-21)19-6-3-12-25-22(19)26/h2-3,5-12,20H,4,13-15H2,1H3,(H,27,28). The molecule has 3 heterocycles. The first-order chi connectivity index (χ1) is 14.7. The van der Waals surface area contributed by atoms with Crippen LogP contribution < -0.4 is 4.74 Å². The van der Waals surface area contributed by atoms with Crippen LogP contribution in [0.4, 0.5) is 0 Å². The van der Waals surface area contributed by atoms with Gasteiger partial charge in [-0.1, -0.05) is 12.1 Å². The molecular weight excluding hydrogens is 382 g/mol. The Balaban J connectivity index is 1.37. The molecule has 0 saturated carbocycles. The molecule has 7 nitrogen and oxygen atoms in total. The van der Waals surface area contributed by atoms with E-state index in [1.54, 1.807) is 12.4 Å². The molecule has 0 aliphatic rings. The lowest BCUT2D eigenvalue weighted by Gasteiger charge is -2.11.